The Hall–Kier alpha value is -2.41. The van der Waals surface area contributed by atoms with Gasteiger partial charge in [0.1, 0.15) is 17.7 Å². The minimum absolute atomic E-state index is 0.0170. The molecule has 0 radical (unpaired) electrons. The van der Waals surface area contributed by atoms with E-state index in [1.165, 1.54) is 27.6 Å². The zero-order valence-electron chi connectivity index (χ0n) is 11.4. The second-order valence-corrected chi connectivity index (χ2v) is 3.73. The third-order valence-electron chi connectivity index (χ3n) is 2.54. The van der Waals surface area contributed by atoms with Crippen molar-refractivity contribution < 1.29 is 28.5 Å². The second kappa shape index (κ2) is 6.16. The van der Waals surface area contributed by atoms with Gasteiger partial charge in [0.15, 0.2) is 11.5 Å². The fourth-order valence-electron chi connectivity index (χ4n) is 1.62. The molecule has 0 aliphatic carbocycles. The fourth-order valence-corrected chi connectivity index (χ4v) is 1.62. The number of aromatic nitrogens is 1. The lowest BCUT2D eigenvalue weighted by Crippen LogP contribution is -1.96. The third kappa shape index (κ3) is 2.77. The smallest absolute Gasteiger partial charge is 0.399 e. The maximum atomic E-state index is 8.92. The van der Waals surface area contributed by atoms with Gasteiger partial charge in [-0.05, 0) is 0 Å². The molecular weight excluding hydrogens is 266 g/mol. The van der Waals surface area contributed by atoms with Crippen LogP contribution in [0.4, 0.5) is 0 Å². The van der Waals surface area contributed by atoms with Crippen LogP contribution in [-0.2, 0) is 6.61 Å². The predicted octanol–water partition coefficient (Wildman–Crippen LogP) is 1.99. The molecule has 1 heterocycles. The summed E-state index contributed by atoms with van der Waals surface area (Å²) >= 11 is 0. The van der Waals surface area contributed by atoms with Crippen LogP contribution in [0, 0.1) is 0 Å². The fraction of sp³-hybridized carbons (Fsp3) is 0.308. The number of rotatable bonds is 6. The molecule has 0 unspecified atom stereocenters. The maximum absolute atomic E-state index is 8.92. The van der Waals surface area contributed by atoms with E-state index in [9.17, 15) is 0 Å². The zero-order chi connectivity index (χ0) is 14.5. The molecule has 0 aliphatic heterocycles. The van der Waals surface area contributed by atoms with Crippen molar-refractivity contribution in [2.75, 3.05) is 21.3 Å². The molecule has 7 nitrogen and oxygen atoms in total. The van der Waals surface area contributed by atoms with Crippen molar-refractivity contribution in [3.8, 4) is 29.1 Å². The number of aliphatic hydroxyl groups excluding tert-OH is 1. The number of ether oxygens (including phenoxy) is 4. The van der Waals surface area contributed by atoms with Gasteiger partial charge in [0, 0.05) is 12.1 Å². The van der Waals surface area contributed by atoms with Crippen molar-refractivity contribution in [3.63, 3.8) is 0 Å². The van der Waals surface area contributed by atoms with E-state index in [0.29, 0.717) is 28.7 Å². The van der Waals surface area contributed by atoms with E-state index in [4.69, 9.17) is 28.5 Å². The van der Waals surface area contributed by atoms with Gasteiger partial charge < -0.3 is 28.5 Å². The van der Waals surface area contributed by atoms with E-state index < -0.39 is 0 Å². The average molecular weight is 281 g/mol. The molecule has 2 aromatic rings. The molecule has 0 fully saturated rings. The highest BCUT2D eigenvalue weighted by Crippen LogP contribution is 2.41. The van der Waals surface area contributed by atoms with Crippen LogP contribution in [0.3, 0.4) is 0 Å². The minimum Gasteiger partial charge on any atom is -0.493 e. The number of aliphatic hydroxyl groups is 1. The normalized spacial score (nSPS) is 10.2. The Kier molecular flexibility index (Phi) is 4.31. The number of nitrogens with zero attached hydrogens (tertiary/aromatic N) is 1. The number of hydrogen-bond acceptors (Lipinski definition) is 7. The van der Waals surface area contributed by atoms with Crippen molar-refractivity contribution in [1.82, 2.24) is 4.98 Å². The van der Waals surface area contributed by atoms with Gasteiger partial charge in [0.25, 0.3) is 0 Å². The van der Waals surface area contributed by atoms with Crippen LogP contribution in [-0.4, -0.2) is 31.4 Å². The monoisotopic (exact) mass is 281 g/mol. The van der Waals surface area contributed by atoms with Gasteiger partial charge in [0.05, 0.1) is 27.9 Å². The summed E-state index contributed by atoms with van der Waals surface area (Å²) in [6.07, 6.45) is 1.33. The van der Waals surface area contributed by atoms with Crippen LogP contribution in [0.2, 0.25) is 0 Å². The van der Waals surface area contributed by atoms with Crippen LogP contribution >= 0.6 is 0 Å². The van der Waals surface area contributed by atoms with Crippen molar-refractivity contribution >= 4 is 0 Å². The molecule has 0 saturated carbocycles. The van der Waals surface area contributed by atoms with Crippen LogP contribution < -0.4 is 18.9 Å². The first kappa shape index (κ1) is 14.0. The SMILES string of the molecule is COc1cc(Oc2nc(CO)co2)cc(OC)c1OC. The Morgan fingerprint density at radius 2 is 1.75 bits per heavy atom. The zero-order valence-corrected chi connectivity index (χ0v) is 11.4. The molecule has 1 aromatic carbocycles. The molecule has 0 atom stereocenters. The van der Waals surface area contributed by atoms with Crippen molar-refractivity contribution in [1.29, 1.82) is 0 Å². The van der Waals surface area contributed by atoms with Gasteiger partial charge in [-0.15, -0.1) is 0 Å². The van der Waals surface area contributed by atoms with Crippen LogP contribution in [0.15, 0.2) is 22.8 Å². The summed E-state index contributed by atoms with van der Waals surface area (Å²) in [7, 11) is 4.54. The van der Waals surface area contributed by atoms with Gasteiger partial charge in [-0.25, -0.2) is 0 Å². The van der Waals surface area contributed by atoms with Crippen molar-refractivity contribution in [2.24, 2.45) is 0 Å². The number of oxazole rings is 1. The van der Waals surface area contributed by atoms with E-state index in [1.54, 1.807) is 12.1 Å². The minimum atomic E-state index is -0.220. The second-order valence-electron chi connectivity index (χ2n) is 3.73. The molecule has 1 aromatic heterocycles. The highest BCUT2D eigenvalue weighted by atomic mass is 16.6. The highest BCUT2D eigenvalue weighted by molar-refractivity contribution is 5.56. The molecule has 0 saturated heterocycles. The van der Waals surface area contributed by atoms with Crippen LogP contribution in [0.5, 0.6) is 29.1 Å². The van der Waals surface area contributed by atoms with Gasteiger partial charge in [-0.1, -0.05) is 0 Å². The first-order valence-corrected chi connectivity index (χ1v) is 5.75. The largest absolute Gasteiger partial charge is 0.493 e. The molecule has 7 heteroatoms. The summed E-state index contributed by atoms with van der Waals surface area (Å²) < 4.78 is 26.1. The van der Waals surface area contributed by atoms with Gasteiger partial charge in [0.2, 0.25) is 5.75 Å². The summed E-state index contributed by atoms with van der Waals surface area (Å²) in [6.45, 7) is -0.220. The predicted molar refractivity (Wildman–Crippen MR) is 68.6 cm³/mol. The molecule has 108 valence electrons. The van der Waals surface area contributed by atoms with Gasteiger partial charge in [-0.3, -0.25) is 0 Å². The van der Waals surface area contributed by atoms with E-state index in [2.05, 4.69) is 4.98 Å². The van der Waals surface area contributed by atoms with Gasteiger partial charge >= 0.3 is 6.08 Å². The molecule has 0 amide bonds. The molecule has 20 heavy (non-hydrogen) atoms. The lowest BCUT2D eigenvalue weighted by atomic mass is 10.2. The van der Waals surface area contributed by atoms with E-state index in [-0.39, 0.29) is 12.7 Å². The highest BCUT2D eigenvalue weighted by Gasteiger charge is 2.15. The van der Waals surface area contributed by atoms with E-state index in [0.717, 1.165) is 0 Å². The standard InChI is InChI=1S/C13H15NO6/c1-16-10-4-9(5-11(17-2)12(10)18-3)20-13-14-8(6-15)7-19-13/h4-5,7,15H,6H2,1-3H3. The van der Waals surface area contributed by atoms with Crippen molar-refractivity contribution in [2.45, 2.75) is 6.61 Å². The Morgan fingerprint density at radius 3 is 2.20 bits per heavy atom. The summed E-state index contributed by atoms with van der Waals surface area (Å²) in [5.74, 6) is 1.78. The van der Waals surface area contributed by atoms with Gasteiger partial charge in [-0.2, -0.15) is 4.98 Å². The first-order chi connectivity index (χ1) is 9.71. The maximum Gasteiger partial charge on any atom is 0.399 e. The summed E-state index contributed by atoms with van der Waals surface area (Å²) in [5, 5.41) is 8.92. The number of benzene rings is 1. The summed E-state index contributed by atoms with van der Waals surface area (Å²) in [4.78, 5) is 3.93. The first-order valence-electron chi connectivity index (χ1n) is 5.75. The average Bonchev–Trinajstić information content (AvgIpc) is 2.93. The Balaban J connectivity index is 2.31. The van der Waals surface area contributed by atoms with E-state index in [1.807, 2.05) is 0 Å². The topological polar surface area (TPSA) is 83.2 Å². The Labute approximate surface area is 115 Å². The van der Waals surface area contributed by atoms with Crippen LogP contribution in [0.1, 0.15) is 5.69 Å². The molecule has 0 aliphatic rings. The molecule has 0 spiro atoms. The van der Waals surface area contributed by atoms with Crippen molar-refractivity contribution in [3.05, 3.63) is 24.1 Å². The molecule has 0 bridgehead atoms. The quantitative estimate of drug-likeness (QED) is 0.866. The lowest BCUT2D eigenvalue weighted by molar-refractivity contribution is 0.276. The third-order valence-corrected chi connectivity index (χ3v) is 2.54. The Bertz CT molecular complexity index is 555. The van der Waals surface area contributed by atoms with Crippen LogP contribution in [0.25, 0.3) is 0 Å². The molecule has 1 N–H and O–H groups in total. The number of hydrogen-bond donors (Lipinski definition) is 1. The molecular formula is C13H15NO6. The van der Waals surface area contributed by atoms with E-state index >= 15 is 0 Å². The summed E-state index contributed by atoms with van der Waals surface area (Å²) in [5.41, 5.74) is 0.382. The summed E-state index contributed by atoms with van der Waals surface area (Å²) in [6, 6.07) is 3.23. The molecule has 2 rings (SSSR count). The number of methoxy groups -OCH3 is 3. The lowest BCUT2D eigenvalue weighted by Gasteiger charge is -2.13. The Morgan fingerprint density at radius 1 is 1.10 bits per heavy atom.